The monoisotopic (exact) mass is 311 g/mol. The Balaban J connectivity index is 2.09. The number of carbonyl (C=O) groups excluding carboxylic acids is 1. The van der Waals surface area contributed by atoms with Gasteiger partial charge in [-0.3, -0.25) is 4.79 Å². The maximum atomic E-state index is 12.5. The van der Waals surface area contributed by atoms with Crippen LogP contribution in [0.4, 0.5) is 5.69 Å². The molecule has 1 N–H and O–H groups in total. The number of hydrogen-bond acceptors (Lipinski definition) is 2. The molecule has 0 aliphatic carbocycles. The highest BCUT2D eigenvalue weighted by Gasteiger charge is 2.17. The van der Waals surface area contributed by atoms with Crippen molar-refractivity contribution in [1.29, 1.82) is 0 Å². The number of ether oxygens (including phenoxy) is 1. The number of amides is 1. The number of anilines is 1. The van der Waals surface area contributed by atoms with E-state index < -0.39 is 0 Å². The van der Waals surface area contributed by atoms with Crippen LogP contribution in [0, 0.1) is 5.92 Å². The largest absolute Gasteiger partial charge is 0.455 e. The predicted octanol–water partition coefficient (Wildman–Crippen LogP) is 5.63. The minimum Gasteiger partial charge on any atom is -0.455 e. The van der Waals surface area contributed by atoms with Crippen molar-refractivity contribution in [3.8, 4) is 11.5 Å². The number of rotatable bonds is 8. The molecule has 0 radical (unpaired) electrons. The summed E-state index contributed by atoms with van der Waals surface area (Å²) in [5.74, 6) is 1.55. The minimum absolute atomic E-state index is 0.0553. The SMILES string of the molecule is CCCC[C@H](CC)C(=O)Nc1ccccc1Oc1ccccc1. The van der Waals surface area contributed by atoms with Crippen molar-refractivity contribution in [2.45, 2.75) is 39.5 Å². The predicted molar refractivity (Wildman–Crippen MR) is 94.9 cm³/mol. The molecular weight excluding hydrogens is 286 g/mol. The summed E-state index contributed by atoms with van der Waals surface area (Å²) in [5.41, 5.74) is 0.719. The molecule has 2 rings (SSSR count). The Labute approximate surface area is 138 Å². The van der Waals surface area contributed by atoms with Gasteiger partial charge in [0.1, 0.15) is 5.75 Å². The van der Waals surface area contributed by atoms with Gasteiger partial charge in [0.15, 0.2) is 5.75 Å². The molecule has 0 saturated carbocycles. The van der Waals surface area contributed by atoms with Crippen LogP contribution in [0.2, 0.25) is 0 Å². The lowest BCUT2D eigenvalue weighted by Gasteiger charge is -2.17. The minimum atomic E-state index is 0.0553. The van der Waals surface area contributed by atoms with Crippen LogP contribution >= 0.6 is 0 Å². The zero-order valence-electron chi connectivity index (χ0n) is 13.9. The van der Waals surface area contributed by atoms with Gasteiger partial charge in [0.2, 0.25) is 5.91 Å². The van der Waals surface area contributed by atoms with Crippen molar-refractivity contribution in [2.75, 3.05) is 5.32 Å². The summed E-state index contributed by atoms with van der Waals surface area (Å²) in [5, 5.41) is 3.03. The topological polar surface area (TPSA) is 38.3 Å². The second-order valence-corrected chi connectivity index (χ2v) is 5.65. The molecule has 0 saturated heterocycles. The average Bonchev–Trinajstić information content (AvgIpc) is 2.58. The number of nitrogens with one attached hydrogen (secondary N) is 1. The second-order valence-electron chi connectivity index (χ2n) is 5.65. The summed E-state index contributed by atoms with van der Waals surface area (Å²) >= 11 is 0. The lowest BCUT2D eigenvalue weighted by molar-refractivity contribution is -0.120. The molecule has 3 nitrogen and oxygen atoms in total. The second kappa shape index (κ2) is 8.99. The van der Waals surface area contributed by atoms with E-state index in [0.29, 0.717) is 5.75 Å². The summed E-state index contributed by atoms with van der Waals surface area (Å²) in [7, 11) is 0. The smallest absolute Gasteiger partial charge is 0.227 e. The lowest BCUT2D eigenvalue weighted by atomic mass is 9.98. The van der Waals surface area contributed by atoms with Gasteiger partial charge in [-0.05, 0) is 37.1 Å². The van der Waals surface area contributed by atoms with E-state index in [1.54, 1.807) is 0 Å². The third-order valence-electron chi connectivity index (χ3n) is 3.89. The Kier molecular flexibility index (Phi) is 6.67. The Morgan fingerprint density at radius 2 is 1.74 bits per heavy atom. The van der Waals surface area contributed by atoms with Crippen molar-refractivity contribution in [3.63, 3.8) is 0 Å². The highest BCUT2D eigenvalue weighted by atomic mass is 16.5. The fraction of sp³-hybridized carbons (Fsp3) is 0.350. The summed E-state index contributed by atoms with van der Waals surface area (Å²) in [6.45, 7) is 4.21. The van der Waals surface area contributed by atoms with Gasteiger partial charge in [-0.2, -0.15) is 0 Å². The van der Waals surface area contributed by atoms with Crippen LogP contribution in [0.15, 0.2) is 54.6 Å². The highest BCUT2D eigenvalue weighted by Crippen LogP contribution is 2.30. The molecule has 0 bridgehead atoms. The van der Waals surface area contributed by atoms with Gasteiger partial charge in [0.05, 0.1) is 5.69 Å². The van der Waals surface area contributed by atoms with Gasteiger partial charge < -0.3 is 10.1 Å². The first-order chi connectivity index (χ1) is 11.2. The maximum absolute atomic E-state index is 12.5. The summed E-state index contributed by atoms with van der Waals surface area (Å²) < 4.78 is 5.89. The lowest BCUT2D eigenvalue weighted by Crippen LogP contribution is -2.22. The van der Waals surface area contributed by atoms with Crippen LogP contribution in [0.5, 0.6) is 11.5 Å². The van der Waals surface area contributed by atoms with E-state index in [2.05, 4.69) is 19.2 Å². The number of benzene rings is 2. The number of para-hydroxylation sites is 3. The molecule has 1 amide bonds. The Bertz CT molecular complexity index is 610. The average molecular weight is 311 g/mol. The van der Waals surface area contributed by atoms with Crippen molar-refractivity contribution in [2.24, 2.45) is 5.92 Å². The van der Waals surface area contributed by atoms with Crippen LogP contribution in [0.3, 0.4) is 0 Å². The molecule has 0 heterocycles. The molecule has 0 aromatic heterocycles. The van der Waals surface area contributed by atoms with Crippen molar-refractivity contribution in [1.82, 2.24) is 0 Å². The van der Waals surface area contributed by atoms with Crippen molar-refractivity contribution in [3.05, 3.63) is 54.6 Å². The Hall–Kier alpha value is -2.29. The molecule has 2 aromatic rings. The van der Waals surface area contributed by atoms with Crippen molar-refractivity contribution >= 4 is 11.6 Å². The van der Waals surface area contributed by atoms with E-state index >= 15 is 0 Å². The van der Waals surface area contributed by atoms with E-state index in [4.69, 9.17) is 4.74 Å². The van der Waals surface area contributed by atoms with Gasteiger partial charge in [0, 0.05) is 5.92 Å². The quantitative estimate of drug-likeness (QED) is 0.685. The number of carbonyl (C=O) groups is 1. The van der Waals surface area contributed by atoms with Crippen LogP contribution in [0.25, 0.3) is 0 Å². The first kappa shape index (κ1) is 17.1. The molecular formula is C20H25NO2. The van der Waals surface area contributed by atoms with Gasteiger partial charge >= 0.3 is 0 Å². The molecule has 1 atom stereocenters. The molecule has 3 heteroatoms. The summed E-state index contributed by atoms with van der Waals surface area (Å²) in [6, 6.07) is 17.1. The molecule has 0 spiro atoms. The maximum Gasteiger partial charge on any atom is 0.227 e. The molecule has 0 aliphatic rings. The van der Waals surface area contributed by atoms with E-state index in [9.17, 15) is 4.79 Å². The van der Waals surface area contributed by atoms with Gasteiger partial charge in [-0.15, -0.1) is 0 Å². The van der Waals surface area contributed by atoms with Gasteiger partial charge in [0.25, 0.3) is 0 Å². The van der Waals surface area contributed by atoms with E-state index in [0.717, 1.165) is 37.1 Å². The number of hydrogen-bond donors (Lipinski definition) is 1. The molecule has 2 aromatic carbocycles. The highest BCUT2D eigenvalue weighted by molar-refractivity contribution is 5.93. The molecule has 122 valence electrons. The fourth-order valence-electron chi connectivity index (χ4n) is 2.48. The Morgan fingerprint density at radius 1 is 1.04 bits per heavy atom. The van der Waals surface area contributed by atoms with Gasteiger partial charge in [-0.25, -0.2) is 0 Å². The van der Waals surface area contributed by atoms with Crippen LogP contribution in [-0.2, 0) is 4.79 Å². The standard InChI is InChI=1S/C20H25NO2/c1-3-5-11-16(4-2)20(22)21-18-14-9-10-15-19(18)23-17-12-7-6-8-13-17/h6-10,12-16H,3-5,11H2,1-2H3,(H,21,22)/t16-/m0/s1. The molecule has 23 heavy (non-hydrogen) atoms. The first-order valence-electron chi connectivity index (χ1n) is 8.37. The summed E-state index contributed by atoms with van der Waals surface area (Å²) in [6.07, 6.45) is 3.97. The molecule has 0 unspecified atom stereocenters. The first-order valence-corrected chi connectivity index (χ1v) is 8.37. The third-order valence-corrected chi connectivity index (χ3v) is 3.89. The van der Waals surface area contributed by atoms with Crippen molar-refractivity contribution < 1.29 is 9.53 Å². The fourth-order valence-corrected chi connectivity index (χ4v) is 2.48. The van der Waals surface area contributed by atoms with Crippen LogP contribution in [0.1, 0.15) is 39.5 Å². The zero-order chi connectivity index (χ0) is 16.5. The zero-order valence-corrected chi connectivity index (χ0v) is 13.9. The Morgan fingerprint density at radius 3 is 2.43 bits per heavy atom. The normalized spacial score (nSPS) is 11.7. The van der Waals surface area contributed by atoms with E-state index in [1.165, 1.54) is 0 Å². The third kappa shape index (κ3) is 5.13. The van der Waals surface area contributed by atoms with Gasteiger partial charge in [-0.1, -0.05) is 57.0 Å². The summed E-state index contributed by atoms with van der Waals surface area (Å²) in [4.78, 5) is 12.5. The van der Waals surface area contributed by atoms with E-state index in [-0.39, 0.29) is 11.8 Å². The molecule has 0 fully saturated rings. The van der Waals surface area contributed by atoms with E-state index in [1.807, 2.05) is 54.6 Å². The van der Waals surface area contributed by atoms with Crippen LogP contribution < -0.4 is 10.1 Å². The number of unbranched alkanes of at least 4 members (excludes halogenated alkanes) is 1. The van der Waals surface area contributed by atoms with Crippen LogP contribution in [-0.4, -0.2) is 5.91 Å². The molecule has 0 aliphatic heterocycles.